The minimum atomic E-state index is -0.853. The number of hydrogen-bond donors (Lipinski definition) is 3. The van der Waals surface area contributed by atoms with Crippen molar-refractivity contribution in [1.82, 2.24) is 16.0 Å². The minimum absolute atomic E-state index is 0.0704. The maximum atomic E-state index is 13.8. The second-order valence-electron chi connectivity index (χ2n) is 6.38. The summed E-state index contributed by atoms with van der Waals surface area (Å²) in [6.45, 7) is 1.31. The first-order valence-corrected chi connectivity index (χ1v) is 9.45. The first kappa shape index (κ1) is 16.5. The molecule has 2 saturated heterocycles. The molecular formula is C15H26FN3O2S. The molecule has 0 bridgehead atoms. The maximum Gasteiger partial charge on any atom is 0.233 e. The van der Waals surface area contributed by atoms with E-state index in [9.17, 15) is 9.18 Å². The Morgan fingerprint density at radius 3 is 2.59 bits per heavy atom. The van der Waals surface area contributed by atoms with Gasteiger partial charge in [0.05, 0.1) is 17.4 Å². The fourth-order valence-electron chi connectivity index (χ4n) is 3.30. The number of thioether (sulfide) groups is 1. The van der Waals surface area contributed by atoms with E-state index < -0.39 is 6.17 Å². The Hall–Kier alpha value is -0.370. The zero-order chi connectivity index (χ0) is 15.4. The SMILES string of the molecule is O=C(NC1CNC(OC2CCCCC2F)NC1)C1CCCS1. The molecule has 1 amide bonds. The second kappa shape index (κ2) is 7.95. The maximum absolute atomic E-state index is 13.8. The van der Waals surface area contributed by atoms with Crippen LogP contribution < -0.4 is 16.0 Å². The zero-order valence-corrected chi connectivity index (χ0v) is 13.7. The molecule has 3 N–H and O–H groups in total. The Labute approximate surface area is 135 Å². The molecule has 0 spiro atoms. The number of amides is 1. The molecular weight excluding hydrogens is 305 g/mol. The first-order chi connectivity index (χ1) is 10.7. The van der Waals surface area contributed by atoms with Crippen LogP contribution >= 0.6 is 11.8 Å². The highest BCUT2D eigenvalue weighted by Crippen LogP contribution is 2.26. The van der Waals surface area contributed by atoms with Crippen LogP contribution in [0.2, 0.25) is 0 Å². The summed E-state index contributed by atoms with van der Waals surface area (Å²) in [5.41, 5.74) is 0. The molecule has 3 fully saturated rings. The highest BCUT2D eigenvalue weighted by molar-refractivity contribution is 8.00. The summed E-state index contributed by atoms with van der Waals surface area (Å²) in [6, 6.07) is 0.0704. The average Bonchev–Trinajstić information content (AvgIpc) is 3.06. The third-order valence-electron chi connectivity index (χ3n) is 4.60. The predicted molar refractivity (Wildman–Crippen MR) is 85.4 cm³/mol. The van der Waals surface area contributed by atoms with Gasteiger partial charge < -0.3 is 10.1 Å². The summed E-state index contributed by atoms with van der Waals surface area (Å²) >= 11 is 1.74. The van der Waals surface area contributed by atoms with E-state index in [1.54, 1.807) is 11.8 Å². The number of carbonyl (C=O) groups is 1. The van der Waals surface area contributed by atoms with Crippen molar-refractivity contribution in [3.8, 4) is 0 Å². The van der Waals surface area contributed by atoms with Crippen molar-refractivity contribution < 1.29 is 13.9 Å². The van der Waals surface area contributed by atoms with Crippen molar-refractivity contribution in [2.45, 2.75) is 68.4 Å². The highest BCUT2D eigenvalue weighted by Gasteiger charge is 2.31. The summed E-state index contributed by atoms with van der Waals surface area (Å²) in [5.74, 6) is 1.23. The average molecular weight is 331 g/mol. The van der Waals surface area contributed by atoms with E-state index >= 15 is 0 Å². The van der Waals surface area contributed by atoms with Crippen LogP contribution in [0.1, 0.15) is 38.5 Å². The lowest BCUT2D eigenvalue weighted by atomic mass is 9.96. The van der Waals surface area contributed by atoms with Crippen LogP contribution in [-0.2, 0) is 9.53 Å². The van der Waals surface area contributed by atoms with E-state index in [2.05, 4.69) is 16.0 Å². The molecule has 7 heteroatoms. The Balaban J connectivity index is 1.37. The van der Waals surface area contributed by atoms with Crippen molar-refractivity contribution >= 4 is 17.7 Å². The van der Waals surface area contributed by atoms with E-state index in [4.69, 9.17) is 4.74 Å². The van der Waals surface area contributed by atoms with E-state index in [0.717, 1.165) is 37.9 Å². The Bertz CT molecular complexity index is 374. The van der Waals surface area contributed by atoms with Gasteiger partial charge in [-0.1, -0.05) is 12.8 Å². The molecule has 0 aromatic heterocycles. The van der Waals surface area contributed by atoms with E-state index in [-0.39, 0.29) is 29.7 Å². The number of ether oxygens (including phenoxy) is 1. The molecule has 3 aliphatic rings. The molecule has 126 valence electrons. The molecule has 0 radical (unpaired) electrons. The molecule has 22 heavy (non-hydrogen) atoms. The lowest BCUT2D eigenvalue weighted by Crippen LogP contribution is -2.62. The Morgan fingerprint density at radius 2 is 1.91 bits per heavy atom. The highest BCUT2D eigenvalue weighted by atomic mass is 32.2. The van der Waals surface area contributed by atoms with Crippen molar-refractivity contribution in [3.63, 3.8) is 0 Å². The van der Waals surface area contributed by atoms with Gasteiger partial charge in [-0.3, -0.25) is 15.4 Å². The van der Waals surface area contributed by atoms with Crippen LogP contribution in [-0.4, -0.2) is 54.7 Å². The van der Waals surface area contributed by atoms with E-state index in [0.29, 0.717) is 19.5 Å². The fraction of sp³-hybridized carbons (Fsp3) is 0.933. The predicted octanol–water partition coefficient (Wildman–Crippen LogP) is 1.14. The van der Waals surface area contributed by atoms with Crippen molar-refractivity contribution in [2.24, 2.45) is 0 Å². The molecule has 2 heterocycles. The number of hydrogen-bond acceptors (Lipinski definition) is 5. The largest absolute Gasteiger partial charge is 0.350 e. The van der Waals surface area contributed by atoms with E-state index in [1.807, 2.05) is 0 Å². The van der Waals surface area contributed by atoms with E-state index in [1.165, 1.54) is 0 Å². The van der Waals surface area contributed by atoms with Gasteiger partial charge in [-0.25, -0.2) is 4.39 Å². The molecule has 0 aromatic rings. The van der Waals surface area contributed by atoms with Gasteiger partial charge in [0.2, 0.25) is 5.91 Å². The molecule has 5 nitrogen and oxygen atoms in total. The molecule has 1 saturated carbocycles. The second-order valence-corrected chi connectivity index (χ2v) is 7.69. The van der Waals surface area contributed by atoms with Crippen LogP contribution in [0.4, 0.5) is 4.39 Å². The van der Waals surface area contributed by atoms with Crippen LogP contribution in [0.25, 0.3) is 0 Å². The molecule has 2 aliphatic heterocycles. The van der Waals surface area contributed by atoms with Crippen molar-refractivity contribution in [1.29, 1.82) is 0 Å². The molecule has 1 aliphatic carbocycles. The van der Waals surface area contributed by atoms with Crippen molar-refractivity contribution in [2.75, 3.05) is 18.8 Å². The van der Waals surface area contributed by atoms with Crippen LogP contribution in [0.15, 0.2) is 0 Å². The van der Waals surface area contributed by atoms with Gasteiger partial charge in [-0.05, 0) is 31.4 Å². The summed E-state index contributed by atoms with van der Waals surface area (Å²) < 4.78 is 19.6. The molecule has 3 unspecified atom stereocenters. The Morgan fingerprint density at radius 1 is 1.14 bits per heavy atom. The smallest absolute Gasteiger partial charge is 0.233 e. The minimum Gasteiger partial charge on any atom is -0.350 e. The van der Waals surface area contributed by atoms with Gasteiger partial charge in [0, 0.05) is 13.1 Å². The van der Waals surface area contributed by atoms with Gasteiger partial charge in [0.1, 0.15) is 6.17 Å². The summed E-state index contributed by atoms with van der Waals surface area (Å²) in [7, 11) is 0. The van der Waals surface area contributed by atoms with Gasteiger partial charge in [-0.15, -0.1) is 11.8 Å². The summed E-state index contributed by atoms with van der Waals surface area (Å²) in [5, 5.41) is 9.62. The number of carbonyl (C=O) groups excluding carboxylic acids is 1. The lowest BCUT2D eigenvalue weighted by molar-refractivity contribution is -0.123. The number of nitrogens with one attached hydrogen (secondary N) is 3. The molecule has 3 atom stereocenters. The normalized spacial score (nSPS) is 39.6. The number of rotatable bonds is 4. The number of alkyl halides is 1. The van der Waals surface area contributed by atoms with Gasteiger partial charge in [0.15, 0.2) is 6.35 Å². The summed E-state index contributed by atoms with van der Waals surface area (Å²) in [4.78, 5) is 12.1. The lowest BCUT2D eigenvalue weighted by Gasteiger charge is -2.36. The van der Waals surface area contributed by atoms with Crippen LogP contribution in [0.5, 0.6) is 0 Å². The van der Waals surface area contributed by atoms with Gasteiger partial charge in [-0.2, -0.15) is 0 Å². The van der Waals surface area contributed by atoms with Crippen LogP contribution in [0.3, 0.4) is 0 Å². The molecule has 3 rings (SSSR count). The third kappa shape index (κ3) is 4.34. The standard InChI is InChI=1S/C15H26FN3O2S/c16-11-4-1-2-5-12(11)21-15-17-8-10(9-18-15)19-14(20)13-6-3-7-22-13/h10-13,15,17-18H,1-9H2,(H,19,20). The van der Waals surface area contributed by atoms with Crippen molar-refractivity contribution in [3.05, 3.63) is 0 Å². The third-order valence-corrected chi connectivity index (χ3v) is 5.98. The van der Waals surface area contributed by atoms with Gasteiger partial charge in [0.25, 0.3) is 0 Å². The summed E-state index contributed by atoms with van der Waals surface area (Å²) in [6.07, 6.45) is 4.04. The Kier molecular flexibility index (Phi) is 5.95. The molecule has 0 aromatic carbocycles. The quantitative estimate of drug-likeness (QED) is 0.721. The zero-order valence-electron chi connectivity index (χ0n) is 12.9. The monoisotopic (exact) mass is 331 g/mol. The van der Waals surface area contributed by atoms with Crippen LogP contribution in [0, 0.1) is 0 Å². The van der Waals surface area contributed by atoms with Gasteiger partial charge >= 0.3 is 0 Å². The first-order valence-electron chi connectivity index (χ1n) is 8.40. The number of halogens is 1. The fourth-order valence-corrected chi connectivity index (χ4v) is 4.47. The topological polar surface area (TPSA) is 62.4 Å².